The summed E-state index contributed by atoms with van der Waals surface area (Å²) >= 11 is 0. The lowest BCUT2D eigenvalue weighted by Crippen LogP contribution is -1.99. The number of nitrogen functional groups attached to an aromatic ring is 2. The first kappa shape index (κ1) is 20.8. The summed E-state index contributed by atoms with van der Waals surface area (Å²) in [5, 5.41) is 9.96. The van der Waals surface area contributed by atoms with Crippen molar-refractivity contribution in [3.63, 3.8) is 0 Å². The molecule has 0 amide bonds. The fourth-order valence-corrected chi connectivity index (χ4v) is 1.95. The van der Waals surface area contributed by atoms with E-state index < -0.39 is 5.82 Å². The molecule has 0 saturated heterocycles. The van der Waals surface area contributed by atoms with Crippen molar-refractivity contribution in [1.82, 2.24) is 19.9 Å². The molecule has 3 aromatic rings. The lowest BCUT2D eigenvalue weighted by molar-refractivity contribution is 0.475. The number of halogens is 1. The van der Waals surface area contributed by atoms with Gasteiger partial charge >= 0.3 is 0 Å². The minimum atomic E-state index is -0.672. The molecular formula is C18H23FN6O. The smallest absolute Gasteiger partial charge is 0.220 e. The number of nitrogens with zero attached hydrogens (tertiary/aromatic N) is 4. The van der Waals surface area contributed by atoms with Gasteiger partial charge in [0.1, 0.15) is 11.4 Å². The second kappa shape index (κ2) is 9.87. The van der Waals surface area contributed by atoms with E-state index in [0.29, 0.717) is 5.69 Å². The number of aromatic hydroxyl groups is 1. The third-order valence-corrected chi connectivity index (χ3v) is 2.98. The number of anilines is 2. The molecule has 0 atom stereocenters. The topological polar surface area (TPSA) is 124 Å². The fraction of sp³-hybridized carbons (Fsp3) is 0.222. The molecule has 3 aromatic heterocycles. The summed E-state index contributed by atoms with van der Waals surface area (Å²) < 4.78 is 14.1. The summed E-state index contributed by atoms with van der Waals surface area (Å²) in [5.41, 5.74) is 11.9. The van der Waals surface area contributed by atoms with E-state index in [1.54, 1.807) is 6.07 Å². The lowest BCUT2D eigenvalue weighted by Gasteiger charge is -2.08. The van der Waals surface area contributed by atoms with Crippen molar-refractivity contribution < 1.29 is 9.50 Å². The van der Waals surface area contributed by atoms with E-state index in [2.05, 4.69) is 19.9 Å². The number of hydrogen-bond acceptors (Lipinski definition) is 7. The van der Waals surface area contributed by atoms with Crippen LogP contribution in [0.15, 0.2) is 36.7 Å². The first-order valence-corrected chi connectivity index (χ1v) is 8.25. The highest BCUT2D eigenvalue weighted by atomic mass is 19.1. The van der Waals surface area contributed by atoms with Crippen LogP contribution in [-0.4, -0.2) is 25.0 Å². The van der Waals surface area contributed by atoms with E-state index in [4.69, 9.17) is 11.5 Å². The van der Waals surface area contributed by atoms with Crippen molar-refractivity contribution in [2.45, 2.75) is 27.7 Å². The number of nitrogens with two attached hydrogens (primary N) is 2. The van der Waals surface area contributed by atoms with Crippen molar-refractivity contribution in [3.8, 4) is 28.4 Å². The third-order valence-electron chi connectivity index (χ3n) is 2.98. The minimum Gasteiger partial charge on any atom is -0.506 e. The highest BCUT2D eigenvalue weighted by Crippen LogP contribution is 2.30. The van der Waals surface area contributed by atoms with Crippen molar-refractivity contribution in [1.29, 1.82) is 0 Å². The second-order valence-corrected chi connectivity index (χ2v) is 4.42. The van der Waals surface area contributed by atoms with Gasteiger partial charge < -0.3 is 16.6 Å². The molecule has 0 aliphatic heterocycles. The second-order valence-electron chi connectivity index (χ2n) is 4.42. The molecule has 3 heterocycles. The molecule has 0 unspecified atom stereocenters. The summed E-state index contributed by atoms with van der Waals surface area (Å²) in [7, 11) is 0. The van der Waals surface area contributed by atoms with Crippen LogP contribution in [0.2, 0.25) is 0 Å². The zero-order chi connectivity index (χ0) is 19.7. The van der Waals surface area contributed by atoms with Gasteiger partial charge in [-0.3, -0.25) is 0 Å². The first-order valence-electron chi connectivity index (χ1n) is 8.25. The van der Waals surface area contributed by atoms with Crippen LogP contribution in [0.1, 0.15) is 27.7 Å². The molecule has 0 saturated carbocycles. The molecule has 0 aliphatic carbocycles. The Balaban J connectivity index is 0.000000791. The van der Waals surface area contributed by atoms with Gasteiger partial charge in [0, 0.05) is 18.0 Å². The normalized spacial score (nSPS) is 9.42. The van der Waals surface area contributed by atoms with Crippen LogP contribution < -0.4 is 11.5 Å². The lowest BCUT2D eigenvalue weighted by atomic mass is 10.1. The molecule has 7 nitrogen and oxygen atoms in total. The van der Waals surface area contributed by atoms with Gasteiger partial charge in [-0.25, -0.2) is 24.3 Å². The monoisotopic (exact) mass is 358 g/mol. The van der Waals surface area contributed by atoms with Crippen molar-refractivity contribution in [3.05, 3.63) is 42.5 Å². The maximum atomic E-state index is 14.1. The number of aromatic nitrogens is 4. The van der Waals surface area contributed by atoms with Crippen molar-refractivity contribution >= 4 is 11.8 Å². The fourth-order valence-electron chi connectivity index (χ4n) is 1.95. The molecule has 8 heteroatoms. The van der Waals surface area contributed by atoms with Crippen molar-refractivity contribution in [2.24, 2.45) is 0 Å². The number of pyridine rings is 2. The molecule has 138 valence electrons. The summed E-state index contributed by atoms with van der Waals surface area (Å²) in [4.78, 5) is 15.7. The molecule has 0 fully saturated rings. The maximum Gasteiger partial charge on any atom is 0.220 e. The molecule has 26 heavy (non-hydrogen) atoms. The average Bonchev–Trinajstić information content (AvgIpc) is 2.68. The van der Waals surface area contributed by atoms with Crippen molar-refractivity contribution in [2.75, 3.05) is 11.5 Å². The van der Waals surface area contributed by atoms with E-state index >= 15 is 0 Å². The van der Waals surface area contributed by atoms with Gasteiger partial charge in [0.05, 0.1) is 11.4 Å². The quantitative estimate of drug-likeness (QED) is 0.638. The third kappa shape index (κ3) is 4.62. The zero-order valence-corrected chi connectivity index (χ0v) is 15.2. The Bertz CT molecular complexity index is 857. The van der Waals surface area contributed by atoms with E-state index in [-0.39, 0.29) is 34.5 Å². The Morgan fingerprint density at radius 2 is 1.50 bits per heavy atom. The molecule has 3 rings (SSSR count). The van der Waals surface area contributed by atoms with Crippen LogP contribution in [0.4, 0.5) is 16.2 Å². The first-order chi connectivity index (χ1) is 12.6. The summed E-state index contributed by atoms with van der Waals surface area (Å²) in [5.74, 6) is -0.957. The van der Waals surface area contributed by atoms with Gasteiger partial charge in [-0.1, -0.05) is 27.7 Å². The molecule has 0 spiro atoms. The number of hydrogen-bond donors (Lipinski definition) is 3. The molecule has 0 radical (unpaired) electrons. The zero-order valence-electron chi connectivity index (χ0n) is 15.2. The van der Waals surface area contributed by atoms with Gasteiger partial charge in [-0.05, 0) is 24.3 Å². The largest absolute Gasteiger partial charge is 0.506 e. The van der Waals surface area contributed by atoms with Gasteiger partial charge in [-0.15, -0.1) is 0 Å². The Morgan fingerprint density at radius 1 is 0.846 bits per heavy atom. The SMILES string of the molecule is CC.CC.Nc1nccc(-c2nc(-c3ccnc(N)c3F)ccc2O)n1. The van der Waals surface area contributed by atoms with E-state index in [1.165, 1.54) is 30.6 Å². The van der Waals surface area contributed by atoms with E-state index in [0.717, 1.165) is 0 Å². The molecular weight excluding hydrogens is 335 g/mol. The van der Waals surface area contributed by atoms with Crippen LogP contribution in [-0.2, 0) is 0 Å². The molecule has 0 aromatic carbocycles. The predicted molar refractivity (Wildman–Crippen MR) is 102 cm³/mol. The van der Waals surface area contributed by atoms with Crippen LogP contribution in [0.25, 0.3) is 22.6 Å². The van der Waals surface area contributed by atoms with Crippen LogP contribution in [0, 0.1) is 5.82 Å². The number of rotatable bonds is 2. The van der Waals surface area contributed by atoms with Crippen LogP contribution in [0.3, 0.4) is 0 Å². The molecule has 0 bridgehead atoms. The van der Waals surface area contributed by atoms with Gasteiger partial charge in [0.25, 0.3) is 0 Å². The Morgan fingerprint density at radius 3 is 2.15 bits per heavy atom. The Kier molecular flexibility index (Phi) is 7.88. The summed E-state index contributed by atoms with van der Waals surface area (Å²) in [6.45, 7) is 8.00. The van der Waals surface area contributed by atoms with Crippen LogP contribution >= 0.6 is 0 Å². The van der Waals surface area contributed by atoms with Gasteiger partial charge in [-0.2, -0.15) is 0 Å². The Hall–Kier alpha value is -3.29. The summed E-state index contributed by atoms with van der Waals surface area (Å²) in [6, 6.07) is 5.86. The average molecular weight is 358 g/mol. The molecule has 0 aliphatic rings. The van der Waals surface area contributed by atoms with E-state index in [9.17, 15) is 9.50 Å². The molecule has 5 N–H and O–H groups in total. The Labute approximate surface area is 152 Å². The standard InChI is InChI=1S/C14H11FN6O.2C2H6/c15-11-7(3-5-18-13(11)16)8-1-2-10(22)12(20-8)9-4-6-19-14(17)21-9;2*1-2/h1-6,22H,(H2,16,18)(H2,17,19,21);2*1-2H3. The van der Waals surface area contributed by atoms with E-state index in [1.807, 2.05) is 27.7 Å². The predicted octanol–water partition coefficient (Wildman–Crippen LogP) is 3.66. The highest BCUT2D eigenvalue weighted by molar-refractivity contribution is 5.70. The van der Waals surface area contributed by atoms with Crippen LogP contribution in [0.5, 0.6) is 5.75 Å². The maximum absolute atomic E-state index is 14.1. The summed E-state index contributed by atoms with van der Waals surface area (Å²) in [6.07, 6.45) is 2.82. The minimum absolute atomic E-state index is 0.0449. The highest BCUT2D eigenvalue weighted by Gasteiger charge is 2.14. The van der Waals surface area contributed by atoms with Gasteiger partial charge in [0.2, 0.25) is 5.95 Å². The van der Waals surface area contributed by atoms with Gasteiger partial charge in [0.15, 0.2) is 11.6 Å².